The minimum absolute atomic E-state index is 0.0377. The van der Waals surface area contributed by atoms with Gasteiger partial charge in [-0.15, -0.1) is 0 Å². The Labute approximate surface area is 113 Å². The molecular weight excluding hydrogens is 266 g/mol. The minimum atomic E-state index is -2.89. The molecule has 0 bridgehead atoms. The van der Waals surface area contributed by atoms with E-state index in [9.17, 15) is 13.5 Å². The zero-order chi connectivity index (χ0) is 13.9. The molecule has 0 radical (unpaired) electrons. The molecule has 1 saturated heterocycles. The van der Waals surface area contributed by atoms with E-state index >= 15 is 0 Å². The highest BCUT2D eigenvalue weighted by Crippen LogP contribution is 2.29. The standard InChI is InChI=1S/C13H19NO4S/c1-2-18-12-6-11(7-14-8-12)13(15)5-10-3-4-19(16,17)9-10/h6-8,10,13,15H,2-5,9H2,1H3. The molecule has 5 nitrogen and oxygen atoms in total. The molecule has 19 heavy (non-hydrogen) atoms. The van der Waals surface area contributed by atoms with Crippen LogP contribution in [0.5, 0.6) is 5.75 Å². The summed E-state index contributed by atoms with van der Waals surface area (Å²) in [5, 5.41) is 10.2. The first-order chi connectivity index (χ1) is 9.00. The molecule has 0 aromatic carbocycles. The van der Waals surface area contributed by atoms with Crippen LogP contribution in [-0.4, -0.2) is 36.6 Å². The van der Waals surface area contributed by atoms with Gasteiger partial charge in [-0.05, 0) is 31.7 Å². The molecule has 2 rings (SSSR count). The smallest absolute Gasteiger partial charge is 0.150 e. The number of hydrogen-bond acceptors (Lipinski definition) is 5. The van der Waals surface area contributed by atoms with Gasteiger partial charge >= 0.3 is 0 Å². The molecule has 1 aromatic rings. The molecule has 1 N–H and O–H groups in total. The Kier molecular flexibility index (Phi) is 4.42. The first-order valence-electron chi connectivity index (χ1n) is 6.46. The van der Waals surface area contributed by atoms with Gasteiger partial charge in [0.05, 0.1) is 30.4 Å². The number of sulfone groups is 1. The average molecular weight is 285 g/mol. The van der Waals surface area contributed by atoms with E-state index < -0.39 is 15.9 Å². The minimum Gasteiger partial charge on any atom is -0.492 e. The SMILES string of the molecule is CCOc1cncc(C(O)CC2CCS(=O)(=O)C2)c1. The average Bonchev–Trinajstić information content (AvgIpc) is 2.69. The first-order valence-corrected chi connectivity index (χ1v) is 8.28. The summed E-state index contributed by atoms with van der Waals surface area (Å²) >= 11 is 0. The van der Waals surface area contributed by atoms with Crippen molar-refractivity contribution < 1.29 is 18.3 Å². The highest BCUT2D eigenvalue weighted by Gasteiger charge is 2.29. The predicted molar refractivity (Wildman–Crippen MR) is 71.7 cm³/mol. The summed E-state index contributed by atoms with van der Waals surface area (Å²) in [6.07, 6.45) is 3.59. The molecule has 2 heterocycles. The summed E-state index contributed by atoms with van der Waals surface area (Å²) in [6, 6.07) is 1.75. The zero-order valence-corrected chi connectivity index (χ0v) is 11.8. The van der Waals surface area contributed by atoms with Crippen LogP contribution in [0.2, 0.25) is 0 Å². The Morgan fingerprint density at radius 3 is 2.95 bits per heavy atom. The van der Waals surface area contributed by atoms with Gasteiger partial charge in [0.1, 0.15) is 5.75 Å². The molecule has 1 aliphatic rings. The fourth-order valence-corrected chi connectivity index (χ4v) is 4.25. The van der Waals surface area contributed by atoms with Gasteiger partial charge in [0, 0.05) is 11.8 Å². The van der Waals surface area contributed by atoms with E-state index in [0.717, 1.165) is 0 Å². The summed E-state index contributed by atoms with van der Waals surface area (Å²) in [5.74, 6) is 1.08. The van der Waals surface area contributed by atoms with Crippen molar-refractivity contribution in [2.45, 2.75) is 25.9 Å². The summed E-state index contributed by atoms with van der Waals surface area (Å²) in [4.78, 5) is 4.02. The summed E-state index contributed by atoms with van der Waals surface area (Å²) in [7, 11) is -2.89. The topological polar surface area (TPSA) is 76.5 Å². The van der Waals surface area contributed by atoms with Crippen molar-refractivity contribution in [1.82, 2.24) is 4.98 Å². The Hall–Kier alpha value is -1.14. The van der Waals surface area contributed by atoms with Crippen LogP contribution < -0.4 is 4.74 Å². The lowest BCUT2D eigenvalue weighted by molar-refractivity contribution is 0.148. The maximum Gasteiger partial charge on any atom is 0.150 e. The van der Waals surface area contributed by atoms with E-state index in [1.165, 1.54) is 0 Å². The lowest BCUT2D eigenvalue weighted by Crippen LogP contribution is -2.10. The molecule has 0 saturated carbocycles. The molecule has 1 aliphatic heterocycles. The molecule has 1 fully saturated rings. The lowest BCUT2D eigenvalue weighted by Gasteiger charge is -2.15. The van der Waals surface area contributed by atoms with Crippen LogP contribution in [-0.2, 0) is 9.84 Å². The number of aromatic nitrogens is 1. The third-order valence-corrected chi connectivity index (χ3v) is 5.15. The van der Waals surface area contributed by atoms with E-state index in [2.05, 4.69) is 4.98 Å². The van der Waals surface area contributed by atoms with Gasteiger partial charge in [-0.25, -0.2) is 8.42 Å². The zero-order valence-electron chi connectivity index (χ0n) is 10.9. The maximum atomic E-state index is 11.4. The Morgan fingerprint density at radius 2 is 2.32 bits per heavy atom. The maximum absolute atomic E-state index is 11.4. The van der Waals surface area contributed by atoms with E-state index in [0.29, 0.717) is 30.8 Å². The van der Waals surface area contributed by atoms with Gasteiger partial charge in [0.25, 0.3) is 0 Å². The molecule has 2 atom stereocenters. The number of hydrogen-bond donors (Lipinski definition) is 1. The third-order valence-electron chi connectivity index (χ3n) is 3.31. The second-order valence-electron chi connectivity index (χ2n) is 4.91. The van der Waals surface area contributed by atoms with Crippen molar-refractivity contribution in [3.8, 4) is 5.75 Å². The van der Waals surface area contributed by atoms with Crippen LogP contribution in [0.1, 0.15) is 31.4 Å². The first kappa shape index (κ1) is 14.3. The predicted octanol–water partition coefficient (Wildman–Crippen LogP) is 1.34. The molecule has 0 amide bonds. The van der Waals surface area contributed by atoms with Gasteiger partial charge in [-0.3, -0.25) is 4.98 Å². The van der Waals surface area contributed by atoms with Crippen molar-refractivity contribution >= 4 is 9.84 Å². The number of aliphatic hydroxyl groups excluding tert-OH is 1. The highest BCUT2D eigenvalue weighted by atomic mass is 32.2. The molecule has 106 valence electrons. The van der Waals surface area contributed by atoms with E-state index in [4.69, 9.17) is 4.74 Å². The summed E-state index contributed by atoms with van der Waals surface area (Å²) < 4.78 is 28.1. The fourth-order valence-electron chi connectivity index (χ4n) is 2.37. The largest absolute Gasteiger partial charge is 0.492 e. The molecule has 0 aliphatic carbocycles. The van der Waals surface area contributed by atoms with Crippen LogP contribution in [0.25, 0.3) is 0 Å². The Bertz CT molecular complexity index is 529. The van der Waals surface area contributed by atoms with Crippen LogP contribution in [0.3, 0.4) is 0 Å². The summed E-state index contributed by atoms with van der Waals surface area (Å²) in [5.41, 5.74) is 0.676. The Balaban J connectivity index is 2.00. The number of aliphatic hydroxyl groups is 1. The quantitative estimate of drug-likeness (QED) is 0.883. The lowest BCUT2D eigenvalue weighted by atomic mass is 9.97. The number of rotatable bonds is 5. The van der Waals surface area contributed by atoms with Crippen molar-refractivity contribution in [3.63, 3.8) is 0 Å². The number of pyridine rings is 1. The van der Waals surface area contributed by atoms with E-state index in [-0.39, 0.29) is 17.4 Å². The fraction of sp³-hybridized carbons (Fsp3) is 0.615. The normalized spacial score (nSPS) is 23.2. The Morgan fingerprint density at radius 1 is 1.53 bits per heavy atom. The monoisotopic (exact) mass is 285 g/mol. The van der Waals surface area contributed by atoms with Crippen molar-refractivity contribution in [2.75, 3.05) is 18.1 Å². The molecule has 0 spiro atoms. The van der Waals surface area contributed by atoms with Crippen molar-refractivity contribution in [3.05, 3.63) is 24.0 Å². The van der Waals surface area contributed by atoms with Crippen molar-refractivity contribution in [2.24, 2.45) is 5.92 Å². The van der Waals surface area contributed by atoms with Gasteiger partial charge < -0.3 is 9.84 Å². The van der Waals surface area contributed by atoms with Gasteiger partial charge in [-0.2, -0.15) is 0 Å². The van der Waals surface area contributed by atoms with Gasteiger partial charge in [0.15, 0.2) is 9.84 Å². The number of ether oxygens (including phenoxy) is 1. The second-order valence-corrected chi connectivity index (χ2v) is 7.14. The van der Waals surface area contributed by atoms with Crippen LogP contribution >= 0.6 is 0 Å². The van der Waals surface area contributed by atoms with Gasteiger partial charge in [-0.1, -0.05) is 0 Å². The highest BCUT2D eigenvalue weighted by molar-refractivity contribution is 7.91. The van der Waals surface area contributed by atoms with E-state index in [1.807, 2.05) is 6.92 Å². The molecular formula is C13H19NO4S. The third kappa shape index (κ3) is 3.91. The van der Waals surface area contributed by atoms with Crippen LogP contribution in [0.15, 0.2) is 18.5 Å². The van der Waals surface area contributed by atoms with Gasteiger partial charge in [0.2, 0.25) is 0 Å². The molecule has 6 heteroatoms. The van der Waals surface area contributed by atoms with Crippen molar-refractivity contribution in [1.29, 1.82) is 0 Å². The molecule has 1 aromatic heterocycles. The van der Waals surface area contributed by atoms with Crippen LogP contribution in [0, 0.1) is 5.92 Å². The second kappa shape index (κ2) is 5.88. The number of nitrogens with zero attached hydrogens (tertiary/aromatic N) is 1. The van der Waals surface area contributed by atoms with E-state index in [1.54, 1.807) is 18.5 Å². The summed E-state index contributed by atoms with van der Waals surface area (Å²) in [6.45, 7) is 2.43. The molecule has 2 unspecified atom stereocenters. The van der Waals surface area contributed by atoms with Crippen LogP contribution in [0.4, 0.5) is 0 Å².